The normalized spacial score (nSPS) is 26.6. The number of carbonyl (C=O) groups is 1. The number of furan rings is 1. The van der Waals surface area contributed by atoms with Gasteiger partial charge in [0.15, 0.2) is 4.96 Å². The summed E-state index contributed by atoms with van der Waals surface area (Å²) in [6, 6.07) is 12.4. The average molecular weight is 500 g/mol. The fraction of sp³-hybridized carbons (Fsp3) is 0.467. The van der Waals surface area contributed by atoms with E-state index in [1.54, 1.807) is 17.6 Å². The SMILES string of the molecule is Cc1ccc(-c2cn3c(CCN(Cc4ccco4)C(=O)C45CC6CC(CC(C6)C4)C5)csc3n2)cc1. The van der Waals surface area contributed by atoms with Crippen molar-refractivity contribution in [2.75, 3.05) is 6.54 Å². The van der Waals surface area contributed by atoms with Gasteiger partial charge in [-0.05, 0) is 75.3 Å². The molecule has 0 aliphatic heterocycles. The van der Waals surface area contributed by atoms with Gasteiger partial charge in [-0.3, -0.25) is 9.20 Å². The highest BCUT2D eigenvalue weighted by molar-refractivity contribution is 7.15. The standard InChI is InChI=1S/C30H33N3O2S/c1-20-4-6-24(7-5-20)27-18-33-25(19-36-29(33)31-27)8-9-32(17-26-3-2-10-35-26)28(34)30-14-21-11-22(15-30)13-23(12-21)16-30/h2-7,10,18-19,21-23H,8-9,11-17H2,1H3. The van der Waals surface area contributed by atoms with Crippen molar-refractivity contribution in [3.8, 4) is 11.3 Å². The minimum absolute atomic E-state index is 0.140. The van der Waals surface area contributed by atoms with E-state index >= 15 is 0 Å². The highest BCUT2D eigenvalue weighted by Gasteiger charge is 2.55. The summed E-state index contributed by atoms with van der Waals surface area (Å²) < 4.78 is 7.90. The van der Waals surface area contributed by atoms with E-state index in [0.29, 0.717) is 19.0 Å². The molecule has 3 heterocycles. The van der Waals surface area contributed by atoms with E-state index in [1.807, 2.05) is 12.1 Å². The molecule has 0 N–H and O–H groups in total. The lowest BCUT2D eigenvalue weighted by Gasteiger charge is -2.56. The second-order valence-electron chi connectivity index (χ2n) is 11.6. The van der Waals surface area contributed by atoms with Gasteiger partial charge in [0.05, 0.1) is 23.9 Å². The average Bonchev–Trinajstić information content (AvgIpc) is 3.59. The Bertz CT molecular complexity index is 1350. The van der Waals surface area contributed by atoms with Crippen LogP contribution in [-0.2, 0) is 17.8 Å². The van der Waals surface area contributed by atoms with Crippen LogP contribution in [0.3, 0.4) is 0 Å². The molecule has 4 fully saturated rings. The smallest absolute Gasteiger partial charge is 0.229 e. The predicted molar refractivity (Wildman–Crippen MR) is 142 cm³/mol. The summed E-state index contributed by atoms with van der Waals surface area (Å²) in [6.45, 7) is 3.36. The first kappa shape index (κ1) is 22.3. The van der Waals surface area contributed by atoms with Crippen LogP contribution in [0.5, 0.6) is 0 Å². The Hall–Kier alpha value is -2.86. The van der Waals surface area contributed by atoms with Crippen LogP contribution in [-0.4, -0.2) is 26.7 Å². The maximum absolute atomic E-state index is 14.2. The number of hydrogen-bond acceptors (Lipinski definition) is 4. The van der Waals surface area contributed by atoms with E-state index < -0.39 is 0 Å². The van der Waals surface area contributed by atoms with Crippen LogP contribution in [0, 0.1) is 30.1 Å². The molecule has 36 heavy (non-hydrogen) atoms. The zero-order valence-electron chi connectivity index (χ0n) is 20.9. The number of aryl methyl sites for hydroxylation is 1. The first-order valence-electron chi connectivity index (χ1n) is 13.4. The fourth-order valence-electron chi connectivity index (χ4n) is 7.67. The number of benzene rings is 1. The van der Waals surface area contributed by atoms with Crippen molar-refractivity contribution in [3.63, 3.8) is 0 Å². The molecule has 1 aromatic carbocycles. The van der Waals surface area contributed by atoms with Gasteiger partial charge in [-0.15, -0.1) is 11.3 Å². The number of thiazole rings is 1. The molecule has 0 atom stereocenters. The van der Waals surface area contributed by atoms with Gasteiger partial charge in [-0.1, -0.05) is 29.8 Å². The summed E-state index contributed by atoms with van der Waals surface area (Å²) in [5, 5.41) is 2.20. The maximum Gasteiger partial charge on any atom is 0.229 e. The Labute approximate surface area is 216 Å². The molecular formula is C30H33N3O2S. The summed E-state index contributed by atoms with van der Waals surface area (Å²) in [4.78, 5) is 22.2. The minimum Gasteiger partial charge on any atom is -0.467 e. The summed E-state index contributed by atoms with van der Waals surface area (Å²) in [5.41, 5.74) is 4.46. The van der Waals surface area contributed by atoms with Gasteiger partial charge in [-0.25, -0.2) is 4.98 Å². The summed E-state index contributed by atoms with van der Waals surface area (Å²) in [7, 11) is 0. The number of nitrogens with zero attached hydrogens (tertiary/aromatic N) is 3. The van der Waals surface area contributed by atoms with Crippen LogP contribution in [0.2, 0.25) is 0 Å². The van der Waals surface area contributed by atoms with E-state index in [-0.39, 0.29) is 5.41 Å². The molecule has 5 nitrogen and oxygen atoms in total. The van der Waals surface area contributed by atoms with E-state index in [0.717, 1.165) is 65.4 Å². The lowest BCUT2D eigenvalue weighted by molar-refractivity contribution is -0.158. The highest BCUT2D eigenvalue weighted by atomic mass is 32.1. The van der Waals surface area contributed by atoms with Crippen LogP contribution in [0.4, 0.5) is 0 Å². The molecule has 0 saturated heterocycles. The number of aromatic nitrogens is 2. The van der Waals surface area contributed by atoms with Crippen molar-refractivity contribution >= 4 is 22.2 Å². The van der Waals surface area contributed by atoms with E-state index in [2.05, 4.69) is 52.1 Å². The maximum atomic E-state index is 14.2. The third-order valence-corrected chi connectivity index (χ3v) is 9.86. The lowest BCUT2D eigenvalue weighted by atomic mass is 9.49. The molecule has 4 aromatic rings. The second-order valence-corrected chi connectivity index (χ2v) is 12.5. The van der Waals surface area contributed by atoms with Crippen LogP contribution in [0.15, 0.2) is 58.7 Å². The van der Waals surface area contributed by atoms with E-state index in [9.17, 15) is 4.79 Å². The molecule has 0 unspecified atom stereocenters. The lowest BCUT2D eigenvalue weighted by Crippen LogP contribution is -2.54. The van der Waals surface area contributed by atoms with Crippen LogP contribution in [0.1, 0.15) is 55.5 Å². The highest BCUT2D eigenvalue weighted by Crippen LogP contribution is 2.60. The Balaban J connectivity index is 1.14. The van der Waals surface area contributed by atoms with Gasteiger partial charge >= 0.3 is 0 Å². The zero-order valence-corrected chi connectivity index (χ0v) is 21.7. The monoisotopic (exact) mass is 499 g/mol. The Morgan fingerprint density at radius 3 is 2.50 bits per heavy atom. The van der Waals surface area contributed by atoms with E-state index in [1.165, 1.54) is 30.5 Å². The van der Waals surface area contributed by atoms with Gasteiger partial charge in [0, 0.05) is 35.8 Å². The number of amides is 1. The van der Waals surface area contributed by atoms with Crippen LogP contribution < -0.4 is 0 Å². The summed E-state index contributed by atoms with van der Waals surface area (Å²) in [6.07, 6.45) is 12.0. The quantitative estimate of drug-likeness (QED) is 0.283. The van der Waals surface area contributed by atoms with Crippen molar-refractivity contribution < 1.29 is 9.21 Å². The number of hydrogen-bond donors (Lipinski definition) is 0. The van der Waals surface area contributed by atoms with Crippen molar-refractivity contribution in [1.29, 1.82) is 0 Å². The van der Waals surface area contributed by atoms with Gasteiger partial charge in [0.25, 0.3) is 0 Å². The fourth-order valence-corrected chi connectivity index (χ4v) is 8.58. The predicted octanol–water partition coefficient (Wildman–Crippen LogP) is 6.75. The molecule has 1 amide bonds. The Morgan fingerprint density at radius 2 is 1.83 bits per heavy atom. The molecule has 4 aliphatic rings. The Kier molecular flexibility index (Phi) is 5.35. The molecule has 6 heteroatoms. The third-order valence-electron chi connectivity index (χ3n) is 8.97. The molecule has 3 aromatic heterocycles. The second kappa shape index (κ2) is 8.62. The van der Waals surface area contributed by atoms with Crippen LogP contribution in [0.25, 0.3) is 16.2 Å². The first-order chi connectivity index (χ1) is 17.5. The minimum atomic E-state index is -0.140. The largest absolute Gasteiger partial charge is 0.467 e. The van der Waals surface area contributed by atoms with E-state index in [4.69, 9.17) is 9.40 Å². The number of fused-ring (bicyclic) bond motifs is 1. The van der Waals surface area contributed by atoms with Crippen molar-refractivity contribution in [1.82, 2.24) is 14.3 Å². The molecule has 4 saturated carbocycles. The van der Waals surface area contributed by atoms with Gasteiger partial charge in [-0.2, -0.15) is 0 Å². The molecule has 0 radical (unpaired) electrons. The zero-order chi connectivity index (χ0) is 24.3. The Morgan fingerprint density at radius 1 is 1.11 bits per heavy atom. The first-order valence-corrected chi connectivity index (χ1v) is 14.3. The van der Waals surface area contributed by atoms with Crippen molar-refractivity contribution in [3.05, 3.63) is 71.3 Å². The molecule has 4 bridgehead atoms. The van der Waals surface area contributed by atoms with Crippen LogP contribution >= 0.6 is 11.3 Å². The summed E-state index contributed by atoms with van der Waals surface area (Å²) >= 11 is 1.68. The summed E-state index contributed by atoms with van der Waals surface area (Å²) in [5.74, 6) is 3.51. The van der Waals surface area contributed by atoms with Gasteiger partial charge in [0.1, 0.15) is 5.76 Å². The van der Waals surface area contributed by atoms with Gasteiger partial charge < -0.3 is 9.32 Å². The molecule has 8 rings (SSSR count). The number of rotatable bonds is 7. The molecule has 4 aliphatic carbocycles. The number of carbonyl (C=O) groups excluding carboxylic acids is 1. The van der Waals surface area contributed by atoms with Gasteiger partial charge in [0.2, 0.25) is 5.91 Å². The molecule has 0 spiro atoms. The third kappa shape index (κ3) is 3.90. The molecular weight excluding hydrogens is 466 g/mol. The van der Waals surface area contributed by atoms with Crippen molar-refractivity contribution in [2.24, 2.45) is 23.2 Å². The van der Waals surface area contributed by atoms with Crippen molar-refractivity contribution in [2.45, 2.75) is 58.4 Å². The molecule has 186 valence electrons. The topological polar surface area (TPSA) is 50.8 Å². The number of imidazole rings is 1.